The molecule has 0 aromatic heterocycles. The second kappa shape index (κ2) is 23.9. The first-order chi connectivity index (χ1) is 23.5. The van der Waals surface area contributed by atoms with Gasteiger partial charge < -0.3 is 0 Å². The van der Waals surface area contributed by atoms with E-state index in [0.29, 0.717) is 5.92 Å². The molecule has 0 amide bonds. The number of aryl methyl sites for hydroxylation is 1. The van der Waals surface area contributed by atoms with Crippen LogP contribution in [0.2, 0.25) is 0 Å². The van der Waals surface area contributed by atoms with Gasteiger partial charge >= 0.3 is 0 Å². The highest BCUT2D eigenvalue weighted by Crippen LogP contribution is 2.37. The van der Waals surface area contributed by atoms with Crippen molar-refractivity contribution in [2.75, 3.05) is 6.26 Å². The average Bonchev–Trinajstić information content (AvgIpc) is 3.24. The van der Waals surface area contributed by atoms with Crippen molar-refractivity contribution < 1.29 is 0 Å². The molecule has 1 heteroatoms. The topological polar surface area (TPSA) is 0 Å². The SMILES string of the molecule is C=C(/C=C/C=C(\SC)c1ccc2c(c1)C(CCCCCCC)C=c1ccccc1=C2CCCCCC)c1ccccc1C.C=CC.CC. The number of rotatable bonds is 16. The quantitative estimate of drug-likeness (QED) is 0.0837. The summed E-state index contributed by atoms with van der Waals surface area (Å²) >= 11 is 1.83. The van der Waals surface area contributed by atoms with Gasteiger partial charge in [-0.2, -0.15) is 0 Å². The van der Waals surface area contributed by atoms with Crippen LogP contribution in [0.3, 0.4) is 0 Å². The molecule has 0 spiro atoms. The number of unbranched alkanes of at least 4 members (excludes halogenated alkanes) is 7. The number of allylic oxidation sites excluding steroid dienone is 5. The summed E-state index contributed by atoms with van der Waals surface area (Å²) in [5, 5.41) is 2.86. The van der Waals surface area contributed by atoms with E-state index in [4.69, 9.17) is 0 Å². The van der Waals surface area contributed by atoms with Crippen LogP contribution in [0.25, 0.3) is 22.1 Å². The van der Waals surface area contributed by atoms with Gasteiger partial charge in [0.25, 0.3) is 0 Å². The van der Waals surface area contributed by atoms with Crippen LogP contribution in [-0.4, -0.2) is 6.26 Å². The lowest BCUT2D eigenvalue weighted by atomic mass is 9.85. The summed E-state index contributed by atoms with van der Waals surface area (Å²) in [4.78, 5) is 1.30. The van der Waals surface area contributed by atoms with Crippen molar-refractivity contribution in [1.82, 2.24) is 0 Å². The van der Waals surface area contributed by atoms with Gasteiger partial charge in [-0.1, -0.05) is 171 Å². The predicted octanol–water partition coefficient (Wildman–Crippen LogP) is 13.6. The van der Waals surface area contributed by atoms with Crippen molar-refractivity contribution in [2.24, 2.45) is 0 Å². The second-order valence-corrected chi connectivity index (χ2v) is 13.3. The van der Waals surface area contributed by atoms with Crippen molar-refractivity contribution in [2.45, 2.75) is 118 Å². The monoisotopic (exact) mass is 660 g/mol. The van der Waals surface area contributed by atoms with Crippen molar-refractivity contribution in [1.29, 1.82) is 0 Å². The second-order valence-electron chi connectivity index (χ2n) is 12.5. The summed E-state index contributed by atoms with van der Waals surface area (Å²) in [5.74, 6) is 0.436. The van der Waals surface area contributed by atoms with Crippen LogP contribution in [0.5, 0.6) is 0 Å². The fraction of sp³-hybridized carbons (Fsp3) is 0.404. The highest BCUT2D eigenvalue weighted by atomic mass is 32.2. The normalized spacial score (nSPS) is 13.6. The molecule has 1 atom stereocenters. The number of hydrogen-bond acceptors (Lipinski definition) is 1. The van der Waals surface area contributed by atoms with E-state index < -0.39 is 0 Å². The van der Waals surface area contributed by atoms with E-state index >= 15 is 0 Å². The van der Waals surface area contributed by atoms with Crippen molar-refractivity contribution >= 4 is 33.9 Å². The fourth-order valence-electron chi connectivity index (χ4n) is 6.43. The average molecular weight is 661 g/mol. The third-order valence-corrected chi connectivity index (χ3v) is 9.69. The third kappa shape index (κ3) is 12.6. The summed E-state index contributed by atoms with van der Waals surface area (Å²) in [7, 11) is 0. The van der Waals surface area contributed by atoms with E-state index in [2.05, 4.69) is 131 Å². The van der Waals surface area contributed by atoms with Crippen molar-refractivity contribution in [3.8, 4) is 0 Å². The zero-order valence-electron chi connectivity index (χ0n) is 31.4. The summed E-state index contributed by atoms with van der Waals surface area (Å²) in [6.45, 7) is 20.3. The first-order valence-corrected chi connectivity index (χ1v) is 19.9. The maximum Gasteiger partial charge on any atom is 0.0142 e. The van der Waals surface area contributed by atoms with E-state index in [9.17, 15) is 0 Å². The molecule has 3 aromatic carbocycles. The Balaban J connectivity index is 0.00000151. The molecule has 0 fully saturated rings. The molecule has 0 bridgehead atoms. The molecule has 0 heterocycles. The standard InChI is InChI=1S/C42H52S.C3H6.C2H6/c1-6-8-10-12-13-22-35-30-34-23-16-18-25-38(34)39(26-14-11-9-7-2)40-29-28-36(31-41(35)40)42(43-5)27-19-21-33(4)37-24-17-15-20-32(37)3;1-3-2;1-2/h15-21,23-25,27-31,35H,4,6-14,22,26H2,1-3,5H3;3H,1H2,2H3;1-2H3/b21-19+,42-27-;;. The number of hydrogen-bond donors (Lipinski definition) is 0. The minimum Gasteiger partial charge on any atom is -0.129 e. The van der Waals surface area contributed by atoms with Gasteiger partial charge in [-0.3, -0.25) is 0 Å². The van der Waals surface area contributed by atoms with Crippen LogP contribution >= 0.6 is 11.8 Å². The van der Waals surface area contributed by atoms with Crippen LogP contribution in [0.15, 0.2) is 104 Å². The van der Waals surface area contributed by atoms with Gasteiger partial charge in [-0.05, 0) is 101 Å². The Morgan fingerprint density at radius 3 is 2.17 bits per heavy atom. The smallest absolute Gasteiger partial charge is 0.0142 e. The van der Waals surface area contributed by atoms with Gasteiger partial charge in [0.15, 0.2) is 0 Å². The molecule has 1 unspecified atom stereocenters. The summed E-state index contributed by atoms with van der Waals surface area (Å²) in [5.41, 5.74) is 9.38. The summed E-state index contributed by atoms with van der Waals surface area (Å²) in [6.07, 6.45) is 27.2. The zero-order valence-corrected chi connectivity index (χ0v) is 32.2. The first kappa shape index (κ1) is 40.9. The molecule has 0 aliphatic heterocycles. The molecular formula is C47H64S. The number of thioether (sulfide) groups is 1. The molecule has 4 rings (SSSR count). The molecule has 258 valence electrons. The van der Waals surface area contributed by atoms with Crippen LogP contribution in [0.4, 0.5) is 0 Å². The maximum atomic E-state index is 4.34. The first-order valence-electron chi connectivity index (χ1n) is 18.7. The van der Waals surface area contributed by atoms with E-state index in [-0.39, 0.29) is 0 Å². The minimum absolute atomic E-state index is 0.436. The van der Waals surface area contributed by atoms with Crippen LogP contribution in [0, 0.1) is 6.92 Å². The Morgan fingerprint density at radius 2 is 1.48 bits per heavy atom. The molecule has 1 aliphatic rings. The maximum absolute atomic E-state index is 4.34. The molecule has 3 aromatic rings. The lowest BCUT2D eigenvalue weighted by molar-refractivity contribution is 0.593. The Hall–Kier alpha value is -3.29. The van der Waals surface area contributed by atoms with E-state index in [1.165, 1.54) is 107 Å². The van der Waals surface area contributed by atoms with Gasteiger partial charge in [0, 0.05) is 10.8 Å². The lowest BCUT2D eigenvalue weighted by Crippen LogP contribution is -2.26. The highest BCUT2D eigenvalue weighted by Gasteiger charge is 2.20. The van der Waals surface area contributed by atoms with E-state index in [1.54, 1.807) is 11.6 Å². The Labute approximate surface area is 299 Å². The molecule has 0 saturated heterocycles. The predicted molar refractivity (Wildman–Crippen MR) is 222 cm³/mol. The van der Waals surface area contributed by atoms with E-state index in [1.807, 2.05) is 32.5 Å². The lowest BCUT2D eigenvalue weighted by Gasteiger charge is -2.20. The molecule has 0 nitrogen and oxygen atoms in total. The van der Waals surface area contributed by atoms with Gasteiger partial charge in [0.05, 0.1) is 0 Å². The van der Waals surface area contributed by atoms with Crippen LogP contribution < -0.4 is 10.4 Å². The van der Waals surface area contributed by atoms with Crippen molar-refractivity contribution in [3.05, 3.63) is 142 Å². The van der Waals surface area contributed by atoms with Crippen LogP contribution in [0.1, 0.15) is 139 Å². The van der Waals surface area contributed by atoms with Crippen LogP contribution in [-0.2, 0) is 0 Å². The zero-order chi connectivity index (χ0) is 35.1. The summed E-state index contributed by atoms with van der Waals surface area (Å²) in [6, 6.07) is 25.0. The van der Waals surface area contributed by atoms with Gasteiger partial charge in [0.1, 0.15) is 0 Å². The fourth-order valence-corrected chi connectivity index (χ4v) is 7.00. The largest absolute Gasteiger partial charge is 0.129 e. The van der Waals surface area contributed by atoms with Crippen molar-refractivity contribution in [3.63, 3.8) is 0 Å². The minimum atomic E-state index is 0.436. The summed E-state index contributed by atoms with van der Waals surface area (Å²) < 4.78 is 0. The molecule has 48 heavy (non-hydrogen) atoms. The van der Waals surface area contributed by atoms with Gasteiger partial charge in [-0.15, -0.1) is 18.3 Å². The Kier molecular flexibility index (Phi) is 20.4. The highest BCUT2D eigenvalue weighted by molar-refractivity contribution is 8.07. The number of fused-ring (bicyclic) bond motifs is 2. The van der Waals surface area contributed by atoms with Gasteiger partial charge in [-0.25, -0.2) is 0 Å². The molecule has 0 N–H and O–H groups in total. The number of benzene rings is 3. The third-order valence-electron chi connectivity index (χ3n) is 8.88. The Morgan fingerprint density at radius 1 is 0.833 bits per heavy atom. The molecule has 0 radical (unpaired) electrons. The Bertz CT molecular complexity index is 1580. The molecular weight excluding hydrogens is 597 g/mol. The van der Waals surface area contributed by atoms with Gasteiger partial charge in [0.2, 0.25) is 0 Å². The van der Waals surface area contributed by atoms with E-state index in [0.717, 1.165) is 12.0 Å². The molecule has 0 saturated carbocycles. The molecule has 1 aliphatic carbocycles.